The van der Waals surface area contributed by atoms with Crippen LogP contribution in [0.15, 0.2) is 30.3 Å². The molecular formula is C16H24N2O. The van der Waals surface area contributed by atoms with Crippen molar-refractivity contribution >= 4 is 5.91 Å². The minimum Gasteiger partial charge on any atom is -0.352 e. The molecule has 1 heterocycles. The Hall–Kier alpha value is -1.35. The fourth-order valence-corrected chi connectivity index (χ4v) is 2.70. The summed E-state index contributed by atoms with van der Waals surface area (Å²) in [4.78, 5) is 12.6. The zero-order valence-electron chi connectivity index (χ0n) is 11.9. The van der Waals surface area contributed by atoms with Crippen LogP contribution in [-0.4, -0.2) is 25.0 Å². The summed E-state index contributed by atoms with van der Waals surface area (Å²) in [7, 11) is 0. The lowest BCUT2D eigenvalue weighted by Gasteiger charge is -2.24. The largest absolute Gasteiger partial charge is 0.352 e. The van der Waals surface area contributed by atoms with E-state index in [4.69, 9.17) is 0 Å². The van der Waals surface area contributed by atoms with Gasteiger partial charge in [-0.3, -0.25) is 4.79 Å². The normalized spacial score (nSPS) is 21.9. The van der Waals surface area contributed by atoms with E-state index in [2.05, 4.69) is 36.6 Å². The van der Waals surface area contributed by atoms with Crippen LogP contribution in [0.25, 0.3) is 0 Å². The van der Waals surface area contributed by atoms with Crippen molar-refractivity contribution in [3.8, 4) is 0 Å². The van der Waals surface area contributed by atoms with E-state index >= 15 is 0 Å². The van der Waals surface area contributed by atoms with Crippen LogP contribution < -0.4 is 10.6 Å². The van der Waals surface area contributed by atoms with Crippen LogP contribution in [0.3, 0.4) is 0 Å². The molecule has 3 nitrogen and oxygen atoms in total. The van der Waals surface area contributed by atoms with Gasteiger partial charge in [0.25, 0.3) is 0 Å². The zero-order valence-corrected chi connectivity index (χ0v) is 11.9. The summed E-state index contributed by atoms with van der Waals surface area (Å²) in [5, 5.41) is 6.48. The highest BCUT2D eigenvalue weighted by molar-refractivity contribution is 5.84. The lowest BCUT2D eigenvalue weighted by molar-refractivity contribution is -0.124. The molecule has 1 saturated heterocycles. The molecule has 1 aliphatic heterocycles. The van der Waals surface area contributed by atoms with Crippen molar-refractivity contribution in [1.82, 2.24) is 10.6 Å². The molecule has 1 aliphatic rings. The van der Waals surface area contributed by atoms with Gasteiger partial charge in [0, 0.05) is 12.6 Å². The molecule has 0 spiro atoms. The van der Waals surface area contributed by atoms with E-state index < -0.39 is 0 Å². The van der Waals surface area contributed by atoms with Gasteiger partial charge in [0.1, 0.15) is 0 Å². The van der Waals surface area contributed by atoms with Crippen molar-refractivity contribution in [3.63, 3.8) is 0 Å². The topological polar surface area (TPSA) is 41.1 Å². The highest BCUT2D eigenvalue weighted by atomic mass is 16.2. The minimum atomic E-state index is -0.0354. The van der Waals surface area contributed by atoms with Gasteiger partial charge >= 0.3 is 0 Å². The number of nitrogens with one attached hydrogen (secondary N) is 2. The number of carbonyl (C=O) groups excluding carboxylic acids is 1. The first-order chi connectivity index (χ1) is 9.22. The van der Waals surface area contributed by atoms with E-state index in [1.165, 1.54) is 0 Å². The summed E-state index contributed by atoms with van der Waals surface area (Å²) >= 11 is 0. The second kappa shape index (κ2) is 6.71. The highest BCUT2D eigenvalue weighted by Gasteiger charge is 2.28. The molecule has 0 saturated carbocycles. The molecule has 1 aromatic carbocycles. The van der Waals surface area contributed by atoms with E-state index in [0.717, 1.165) is 31.5 Å². The third-order valence-corrected chi connectivity index (χ3v) is 4.06. The number of hydrogen-bond donors (Lipinski definition) is 2. The maximum atomic E-state index is 12.6. The van der Waals surface area contributed by atoms with E-state index in [1.807, 2.05) is 18.2 Å². The molecule has 0 aliphatic carbocycles. The molecular weight excluding hydrogens is 236 g/mol. The number of hydrogen-bond acceptors (Lipinski definition) is 2. The van der Waals surface area contributed by atoms with Crippen LogP contribution in [0.4, 0.5) is 0 Å². The number of amides is 1. The van der Waals surface area contributed by atoms with Crippen molar-refractivity contribution in [3.05, 3.63) is 35.9 Å². The van der Waals surface area contributed by atoms with Gasteiger partial charge in [-0.05, 0) is 24.4 Å². The molecule has 1 fully saturated rings. The molecule has 1 amide bonds. The van der Waals surface area contributed by atoms with Gasteiger partial charge in [-0.25, -0.2) is 0 Å². The zero-order chi connectivity index (χ0) is 13.7. The van der Waals surface area contributed by atoms with Crippen LogP contribution in [0.1, 0.15) is 38.2 Å². The predicted octanol–water partition coefficient (Wildman–Crippen LogP) is 2.29. The molecule has 3 atom stereocenters. The summed E-state index contributed by atoms with van der Waals surface area (Å²) in [6, 6.07) is 10.4. The lowest BCUT2D eigenvalue weighted by atomic mass is 9.84. The fraction of sp³-hybridized carbons (Fsp3) is 0.562. The Morgan fingerprint density at radius 1 is 1.42 bits per heavy atom. The van der Waals surface area contributed by atoms with Crippen LogP contribution in [0.5, 0.6) is 0 Å². The van der Waals surface area contributed by atoms with Gasteiger partial charge < -0.3 is 10.6 Å². The lowest BCUT2D eigenvalue weighted by Crippen LogP contribution is -2.40. The summed E-state index contributed by atoms with van der Waals surface area (Å²) < 4.78 is 0. The number of benzene rings is 1. The maximum absolute atomic E-state index is 12.6. The number of carbonyl (C=O) groups is 1. The van der Waals surface area contributed by atoms with Gasteiger partial charge in [-0.2, -0.15) is 0 Å². The van der Waals surface area contributed by atoms with Crippen molar-refractivity contribution in [2.24, 2.45) is 5.92 Å². The first-order valence-electron chi connectivity index (χ1n) is 7.28. The molecule has 0 aromatic heterocycles. The Morgan fingerprint density at radius 3 is 2.74 bits per heavy atom. The van der Waals surface area contributed by atoms with Crippen molar-refractivity contribution in [2.75, 3.05) is 13.1 Å². The fourth-order valence-electron chi connectivity index (χ4n) is 2.70. The molecule has 2 unspecified atom stereocenters. The predicted molar refractivity (Wildman–Crippen MR) is 78.1 cm³/mol. The summed E-state index contributed by atoms with van der Waals surface area (Å²) in [5.41, 5.74) is 1.13. The SMILES string of the molecule is CCC(C)C(C(=O)N[C@@H]1CCNC1)c1ccccc1. The van der Waals surface area contributed by atoms with E-state index in [0.29, 0.717) is 12.0 Å². The molecule has 0 bridgehead atoms. The number of rotatable bonds is 5. The molecule has 1 aromatic rings. The highest BCUT2D eigenvalue weighted by Crippen LogP contribution is 2.27. The van der Waals surface area contributed by atoms with Crippen molar-refractivity contribution < 1.29 is 4.79 Å². The Bertz CT molecular complexity index is 398. The van der Waals surface area contributed by atoms with E-state index in [9.17, 15) is 4.79 Å². The first kappa shape index (κ1) is 14.1. The smallest absolute Gasteiger partial charge is 0.228 e. The Kier molecular flexibility index (Phi) is 4.97. The van der Waals surface area contributed by atoms with Crippen LogP contribution in [-0.2, 0) is 4.79 Å². The van der Waals surface area contributed by atoms with Gasteiger partial charge in [0.2, 0.25) is 5.91 Å². The summed E-state index contributed by atoms with van der Waals surface area (Å²) in [6.07, 6.45) is 2.05. The quantitative estimate of drug-likeness (QED) is 0.853. The van der Waals surface area contributed by atoms with Crippen LogP contribution in [0.2, 0.25) is 0 Å². The Labute approximate surface area is 115 Å². The average molecular weight is 260 g/mol. The third-order valence-electron chi connectivity index (χ3n) is 4.06. The maximum Gasteiger partial charge on any atom is 0.228 e. The third kappa shape index (κ3) is 3.57. The Morgan fingerprint density at radius 2 is 2.16 bits per heavy atom. The molecule has 19 heavy (non-hydrogen) atoms. The van der Waals surface area contributed by atoms with Gasteiger partial charge in [-0.1, -0.05) is 50.6 Å². The van der Waals surface area contributed by atoms with Gasteiger partial charge in [0.05, 0.1) is 5.92 Å². The van der Waals surface area contributed by atoms with Crippen molar-refractivity contribution in [1.29, 1.82) is 0 Å². The molecule has 0 radical (unpaired) electrons. The Balaban J connectivity index is 2.10. The van der Waals surface area contributed by atoms with E-state index in [1.54, 1.807) is 0 Å². The second-order valence-corrected chi connectivity index (χ2v) is 5.47. The molecule has 2 rings (SSSR count). The summed E-state index contributed by atoms with van der Waals surface area (Å²) in [6.45, 7) is 6.20. The second-order valence-electron chi connectivity index (χ2n) is 5.47. The minimum absolute atomic E-state index is 0.0354. The average Bonchev–Trinajstić information content (AvgIpc) is 2.93. The molecule has 3 heteroatoms. The molecule has 2 N–H and O–H groups in total. The van der Waals surface area contributed by atoms with Crippen LogP contribution >= 0.6 is 0 Å². The van der Waals surface area contributed by atoms with E-state index in [-0.39, 0.29) is 11.8 Å². The van der Waals surface area contributed by atoms with Crippen molar-refractivity contribution in [2.45, 2.75) is 38.6 Å². The molecule has 104 valence electrons. The van der Waals surface area contributed by atoms with Gasteiger partial charge in [-0.15, -0.1) is 0 Å². The summed E-state index contributed by atoms with van der Waals surface area (Å²) in [5.74, 6) is 0.498. The van der Waals surface area contributed by atoms with Gasteiger partial charge in [0.15, 0.2) is 0 Å². The first-order valence-corrected chi connectivity index (χ1v) is 7.28. The van der Waals surface area contributed by atoms with Crippen LogP contribution in [0, 0.1) is 5.92 Å². The monoisotopic (exact) mass is 260 g/mol. The standard InChI is InChI=1S/C16H24N2O/c1-3-12(2)15(13-7-5-4-6-8-13)16(19)18-14-9-10-17-11-14/h4-8,12,14-15,17H,3,9-11H2,1-2H3,(H,18,19)/t12?,14-,15?/m1/s1.